The number of hydrogen-bond donors (Lipinski definition) is 0. The Morgan fingerprint density at radius 3 is 2.80 bits per heavy atom. The maximum atomic E-state index is 10.3. The first-order valence-corrected chi connectivity index (χ1v) is 3.17. The zero-order valence-electron chi connectivity index (χ0n) is 5.99. The molecule has 0 aromatic carbocycles. The van der Waals surface area contributed by atoms with Crippen molar-refractivity contribution in [1.82, 2.24) is 0 Å². The number of ether oxygens (including phenoxy) is 3. The van der Waals surface area contributed by atoms with Crippen LogP contribution >= 0.6 is 0 Å². The molecule has 0 radical (unpaired) electrons. The zero-order chi connectivity index (χ0) is 7.56. The average molecular weight is 146 g/mol. The van der Waals surface area contributed by atoms with E-state index in [-0.39, 0.29) is 12.7 Å². The van der Waals surface area contributed by atoms with Gasteiger partial charge in [-0.3, -0.25) is 0 Å². The molecule has 0 aromatic heterocycles. The molecule has 1 atom stereocenters. The molecule has 4 heteroatoms. The summed E-state index contributed by atoms with van der Waals surface area (Å²) in [6.07, 6.45) is -1.10. The largest absolute Gasteiger partial charge is 0.510 e. The summed E-state index contributed by atoms with van der Waals surface area (Å²) in [6, 6.07) is 0. The van der Waals surface area contributed by atoms with Gasteiger partial charge in [-0.05, 0) is 13.8 Å². The number of cyclic esters (lactones) is 2. The minimum absolute atomic E-state index is 0.0551. The molecule has 1 heterocycles. The Morgan fingerprint density at radius 2 is 2.40 bits per heavy atom. The highest BCUT2D eigenvalue weighted by Gasteiger charge is 2.25. The first-order chi connectivity index (χ1) is 4.68. The quantitative estimate of drug-likeness (QED) is 0.543. The van der Waals surface area contributed by atoms with Gasteiger partial charge in [-0.25, -0.2) is 4.79 Å². The van der Waals surface area contributed by atoms with Gasteiger partial charge in [0.1, 0.15) is 0 Å². The third kappa shape index (κ3) is 1.88. The molecule has 1 rings (SSSR count). The van der Waals surface area contributed by atoms with E-state index < -0.39 is 12.4 Å². The van der Waals surface area contributed by atoms with E-state index >= 15 is 0 Å². The Morgan fingerprint density at radius 1 is 1.70 bits per heavy atom. The number of hydrogen-bond acceptors (Lipinski definition) is 4. The van der Waals surface area contributed by atoms with Gasteiger partial charge in [-0.1, -0.05) is 0 Å². The van der Waals surface area contributed by atoms with Crippen LogP contribution in [0.25, 0.3) is 0 Å². The highest BCUT2D eigenvalue weighted by molar-refractivity contribution is 5.61. The van der Waals surface area contributed by atoms with Crippen molar-refractivity contribution >= 4 is 6.16 Å². The van der Waals surface area contributed by atoms with Gasteiger partial charge in [-0.15, -0.1) is 0 Å². The summed E-state index contributed by atoms with van der Waals surface area (Å²) in [5.74, 6) is 0. The van der Waals surface area contributed by atoms with Crippen LogP contribution < -0.4 is 0 Å². The van der Waals surface area contributed by atoms with Crippen molar-refractivity contribution in [1.29, 1.82) is 0 Å². The SMILES string of the molecule is CC(C)OC1COC(=O)O1. The predicted octanol–water partition coefficient (Wildman–Crippen LogP) is 0.904. The molecule has 0 aliphatic carbocycles. The lowest BCUT2D eigenvalue weighted by molar-refractivity contribution is -0.104. The lowest BCUT2D eigenvalue weighted by Crippen LogP contribution is -2.19. The van der Waals surface area contributed by atoms with E-state index in [1.54, 1.807) is 0 Å². The molecular weight excluding hydrogens is 136 g/mol. The molecular formula is C6H10O4. The molecule has 0 N–H and O–H groups in total. The van der Waals surface area contributed by atoms with Gasteiger partial charge in [0.05, 0.1) is 6.10 Å². The fourth-order valence-corrected chi connectivity index (χ4v) is 0.682. The third-order valence-electron chi connectivity index (χ3n) is 0.989. The molecule has 1 aliphatic heterocycles. The summed E-state index contributed by atoms with van der Waals surface area (Å²) < 4.78 is 14.2. The van der Waals surface area contributed by atoms with Gasteiger partial charge >= 0.3 is 6.16 Å². The van der Waals surface area contributed by atoms with Crippen LogP contribution in [0, 0.1) is 0 Å². The van der Waals surface area contributed by atoms with E-state index in [1.165, 1.54) is 0 Å². The van der Waals surface area contributed by atoms with Crippen molar-refractivity contribution in [2.24, 2.45) is 0 Å². The van der Waals surface area contributed by atoms with Crippen LogP contribution in [0.2, 0.25) is 0 Å². The van der Waals surface area contributed by atoms with Crippen LogP contribution in [0.3, 0.4) is 0 Å². The van der Waals surface area contributed by atoms with Gasteiger partial charge in [0.15, 0.2) is 6.61 Å². The van der Waals surface area contributed by atoms with Gasteiger partial charge in [-0.2, -0.15) is 0 Å². The van der Waals surface area contributed by atoms with Crippen molar-refractivity contribution in [3.63, 3.8) is 0 Å². The summed E-state index contributed by atoms with van der Waals surface area (Å²) in [6.45, 7) is 3.94. The molecule has 0 amide bonds. The molecule has 1 unspecified atom stereocenters. The smallest absolute Gasteiger partial charge is 0.428 e. The monoisotopic (exact) mass is 146 g/mol. The van der Waals surface area contributed by atoms with Gasteiger partial charge in [0, 0.05) is 0 Å². The highest BCUT2D eigenvalue weighted by Crippen LogP contribution is 2.08. The highest BCUT2D eigenvalue weighted by atomic mass is 16.8. The molecule has 1 fully saturated rings. The Balaban J connectivity index is 2.24. The van der Waals surface area contributed by atoms with Crippen LogP contribution in [-0.2, 0) is 14.2 Å². The minimum Gasteiger partial charge on any atom is -0.428 e. The topological polar surface area (TPSA) is 44.8 Å². The average Bonchev–Trinajstić information content (AvgIpc) is 2.13. The second-order valence-electron chi connectivity index (χ2n) is 2.29. The van der Waals surface area contributed by atoms with Gasteiger partial charge in [0.25, 0.3) is 0 Å². The minimum atomic E-state index is -0.648. The van der Waals surface area contributed by atoms with Crippen molar-refractivity contribution < 1.29 is 19.0 Å². The first kappa shape index (κ1) is 7.34. The van der Waals surface area contributed by atoms with E-state index in [9.17, 15) is 4.79 Å². The molecule has 4 nitrogen and oxygen atoms in total. The van der Waals surface area contributed by atoms with Crippen molar-refractivity contribution in [3.05, 3.63) is 0 Å². The maximum Gasteiger partial charge on any atom is 0.510 e. The summed E-state index contributed by atoms with van der Waals surface area (Å²) in [7, 11) is 0. The molecule has 0 spiro atoms. The summed E-state index contributed by atoms with van der Waals surface area (Å²) in [5, 5.41) is 0. The number of carbonyl (C=O) groups is 1. The fraction of sp³-hybridized carbons (Fsp3) is 0.833. The Labute approximate surface area is 59.1 Å². The standard InChI is InChI=1S/C6H10O4/c1-4(2)9-5-3-8-6(7)10-5/h4-5H,3H2,1-2H3. The lowest BCUT2D eigenvalue weighted by Gasteiger charge is -2.10. The van der Waals surface area contributed by atoms with E-state index in [0.29, 0.717) is 0 Å². The number of rotatable bonds is 2. The van der Waals surface area contributed by atoms with Crippen molar-refractivity contribution in [2.75, 3.05) is 6.61 Å². The normalized spacial score (nSPS) is 24.7. The second kappa shape index (κ2) is 2.88. The maximum absolute atomic E-state index is 10.3. The van der Waals surface area contributed by atoms with Crippen LogP contribution in [0.5, 0.6) is 0 Å². The summed E-state index contributed by atoms with van der Waals surface area (Å²) in [4.78, 5) is 10.3. The van der Waals surface area contributed by atoms with Gasteiger partial charge in [0.2, 0.25) is 6.29 Å². The van der Waals surface area contributed by atoms with Crippen LogP contribution in [0.15, 0.2) is 0 Å². The van der Waals surface area contributed by atoms with Crippen molar-refractivity contribution in [3.8, 4) is 0 Å². The molecule has 1 saturated heterocycles. The first-order valence-electron chi connectivity index (χ1n) is 3.17. The van der Waals surface area contributed by atoms with Crippen LogP contribution in [0.4, 0.5) is 4.79 Å². The summed E-state index contributed by atoms with van der Waals surface area (Å²) in [5.41, 5.74) is 0. The summed E-state index contributed by atoms with van der Waals surface area (Å²) >= 11 is 0. The Kier molecular flexibility index (Phi) is 2.11. The van der Waals surface area contributed by atoms with Crippen LogP contribution in [-0.4, -0.2) is 25.2 Å². The molecule has 0 aromatic rings. The third-order valence-corrected chi connectivity index (χ3v) is 0.989. The molecule has 1 aliphatic rings. The fourth-order valence-electron chi connectivity index (χ4n) is 0.682. The van der Waals surface area contributed by atoms with Crippen LogP contribution in [0.1, 0.15) is 13.8 Å². The molecule has 10 heavy (non-hydrogen) atoms. The second-order valence-corrected chi connectivity index (χ2v) is 2.29. The van der Waals surface area contributed by atoms with E-state index in [1.807, 2.05) is 13.8 Å². The Bertz CT molecular complexity index is 132. The van der Waals surface area contributed by atoms with Crippen molar-refractivity contribution in [2.45, 2.75) is 26.2 Å². The molecule has 58 valence electrons. The lowest BCUT2D eigenvalue weighted by atomic mass is 10.5. The number of carbonyl (C=O) groups excluding carboxylic acids is 1. The van der Waals surface area contributed by atoms with E-state index in [4.69, 9.17) is 4.74 Å². The predicted molar refractivity (Wildman–Crippen MR) is 32.4 cm³/mol. The van der Waals surface area contributed by atoms with E-state index in [0.717, 1.165) is 0 Å². The van der Waals surface area contributed by atoms with Gasteiger partial charge < -0.3 is 14.2 Å². The molecule has 0 saturated carbocycles. The van der Waals surface area contributed by atoms with E-state index in [2.05, 4.69) is 9.47 Å². The zero-order valence-corrected chi connectivity index (χ0v) is 5.99. The molecule has 0 bridgehead atoms. The Hall–Kier alpha value is -0.770.